The van der Waals surface area contributed by atoms with Crippen LogP contribution in [-0.2, 0) is 6.42 Å². The van der Waals surface area contributed by atoms with Gasteiger partial charge in [-0.15, -0.1) is 5.10 Å². The van der Waals surface area contributed by atoms with Crippen LogP contribution in [0.5, 0.6) is 0 Å². The Balaban J connectivity index is 2.00. The molecule has 1 saturated carbocycles. The quantitative estimate of drug-likeness (QED) is 0.912. The van der Waals surface area contributed by atoms with Crippen LogP contribution < -0.4 is 5.32 Å². The van der Waals surface area contributed by atoms with Crippen LogP contribution in [0.2, 0.25) is 0 Å². The zero-order valence-corrected chi connectivity index (χ0v) is 11.9. The van der Waals surface area contributed by atoms with Crippen molar-refractivity contribution >= 4 is 17.4 Å². The van der Waals surface area contributed by atoms with E-state index in [2.05, 4.69) is 28.8 Å². The minimum atomic E-state index is 0.0206. The van der Waals surface area contributed by atoms with Crippen molar-refractivity contribution in [2.75, 3.05) is 0 Å². The van der Waals surface area contributed by atoms with Gasteiger partial charge in [-0.3, -0.25) is 4.79 Å². The average Bonchev–Trinajstić information content (AvgIpc) is 2.81. The van der Waals surface area contributed by atoms with Gasteiger partial charge in [-0.25, -0.2) is 0 Å². The van der Waals surface area contributed by atoms with Gasteiger partial charge in [0.15, 0.2) is 0 Å². The number of nitrogens with zero attached hydrogens (tertiary/aromatic N) is 2. The molecular weight excluding hydrogens is 246 g/mol. The first-order valence-electron chi connectivity index (χ1n) is 6.84. The minimum absolute atomic E-state index is 0.0206. The topological polar surface area (TPSA) is 54.9 Å². The summed E-state index contributed by atoms with van der Waals surface area (Å²) >= 11 is 1.21. The number of carbonyl (C=O) groups excluding carboxylic acids is 1. The van der Waals surface area contributed by atoms with Gasteiger partial charge in [-0.1, -0.05) is 37.6 Å². The Morgan fingerprint density at radius 2 is 2.22 bits per heavy atom. The third-order valence-electron chi connectivity index (χ3n) is 3.68. The van der Waals surface area contributed by atoms with Crippen molar-refractivity contribution in [3.8, 4) is 0 Å². The second-order valence-corrected chi connectivity index (χ2v) is 5.89. The first kappa shape index (κ1) is 13.5. The van der Waals surface area contributed by atoms with E-state index in [4.69, 9.17) is 0 Å². The molecule has 1 N–H and O–H groups in total. The standard InChI is InChI=1S/C13H21N3OS/c1-3-6-11-12(18-16-15-11)13(17)14-10-8-5-4-7-9(10)2/h9-10H,3-8H2,1-2H3,(H,14,17). The van der Waals surface area contributed by atoms with Crippen LogP contribution in [0.15, 0.2) is 0 Å². The number of carbonyl (C=O) groups is 1. The number of hydrogen-bond donors (Lipinski definition) is 1. The van der Waals surface area contributed by atoms with Crippen LogP contribution in [-0.4, -0.2) is 21.5 Å². The molecule has 0 saturated heterocycles. The predicted octanol–water partition coefficient (Wildman–Crippen LogP) is 2.80. The van der Waals surface area contributed by atoms with Crippen LogP contribution in [0.3, 0.4) is 0 Å². The molecule has 1 fully saturated rings. The molecule has 100 valence electrons. The molecule has 2 unspecified atom stereocenters. The summed E-state index contributed by atoms with van der Waals surface area (Å²) in [5.41, 5.74) is 0.850. The fourth-order valence-electron chi connectivity index (χ4n) is 2.55. The molecular formula is C13H21N3OS. The molecule has 0 bridgehead atoms. The Morgan fingerprint density at radius 1 is 1.44 bits per heavy atom. The maximum Gasteiger partial charge on any atom is 0.265 e. The van der Waals surface area contributed by atoms with Gasteiger partial charge in [0, 0.05) is 6.04 Å². The fraction of sp³-hybridized carbons (Fsp3) is 0.769. The van der Waals surface area contributed by atoms with Gasteiger partial charge in [0.1, 0.15) is 4.88 Å². The summed E-state index contributed by atoms with van der Waals surface area (Å²) in [6.07, 6.45) is 6.65. The molecule has 0 aliphatic heterocycles. The van der Waals surface area contributed by atoms with Crippen molar-refractivity contribution in [3.63, 3.8) is 0 Å². The molecule has 4 nitrogen and oxygen atoms in total. The maximum atomic E-state index is 12.2. The van der Waals surface area contributed by atoms with Gasteiger partial charge < -0.3 is 5.32 Å². The molecule has 2 rings (SSSR count). The van der Waals surface area contributed by atoms with E-state index in [0.717, 1.165) is 25.0 Å². The van der Waals surface area contributed by atoms with E-state index in [1.165, 1.54) is 30.8 Å². The summed E-state index contributed by atoms with van der Waals surface area (Å²) in [6.45, 7) is 4.31. The van der Waals surface area contributed by atoms with Crippen molar-refractivity contribution in [1.29, 1.82) is 0 Å². The molecule has 1 heterocycles. The Morgan fingerprint density at radius 3 is 2.94 bits per heavy atom. The fourth-order valence-corrected chi connectivity index (χ4v) is 3.16. The highest BCUT2D eigenvalue weighted by Gasteiger charge is 2.25. The Kier molecular flexibility index (Phi) is 4.69. The monoisotopic (exact) mass is 267 g/mol. The van der Waals surface area contributed by atoms with Gasteiger partial charge in [-0.05, 0) is 36.7 Å². The average molecular weight is 267 g/mol. The number of rotatable bonds is 4. The normalized spacial score (nSPS) is 23.9. The van der Waals surface area contributed by atoms with Crippen LogP contribution in [0.25, 0.3) is 0 Å². The largest absolute Gasteiger partial charge is 0.348 e. The summed E-state index contributed by atoms with van der Waals surface area (Å²) in [7, 11) is 0. The van der Waals surface area contributed by atoms with E-state index in [-0.39, 0.29) is 5.91 Å². The van der Waals surface area contributed by atoms with E-state index in [1.807, 2.05) is 0 Å². The number of nitrogens with one attached hydrogen (secondary N) is 1. The summed E-state index contributed by atoms with van der Waals surface area (Å²) in [6, 6.07) is 0.322. The number of amides is 1. The molecule has 5 heteroatoms. The van der Waals surface area contributed by atoms with Crippen molar-refractivity contribution in [2.45, 2.75) is 58.4 Å². The Hall–Kier alpha value is -0.970. The van der Waals surface area contributed by atoms with Gasteiger partial charge >= 0.3 is 0 Å². The highest BCUT2D eigenvalue weighted by atomic mass is 32.1. The smallest absolute Gasteiger partial charge is 0.265 e. The lowest BCUT2D eigenvalue weighted by Gasteiger charge is -2.29. The molecule has 18 heavy (non-hydrogen) atoms. The van der Waals surface area contributed by atoms with E-state index in [1.54, 1.807) is 0 Å². The van der Waals surface area contributed by atoms with Gasteiger partial charge in [0.05, 0.1) is 5.69 Å². The van der Waals surface area contributed by atoms with Gasteiger partial charge in [0.25, 0.3) is 5.91 Å². The van der Waals surface area contributed by atoms with Crippen molar-refractivity contribution in [3.05, 3.63) is 10.6 Å². The Labute approximate surface area is 112 Å². The van der Waals surface area contributed by atoms with E-state index < -0.39 is 0 Å². The Bertz CT molecular complexity index is 405. The molecule has 0 aromatic carbocycles. The molecule has 1 aliphatic rings. The number of aromatic nitrogens is 2. The summed E-state index contributed by atoms with van der Waals surface area (Å²) in [5.74, 6) is 0.602. The molecule has 0 spiro atoms. The second-order valence-electron chi connectivity index (χ2n) is 5.14. The van der Waals surface area contributed by atoms with E-state index in [9.17, 15) is 4.79 Å². The summed E-state index contributed by atoms with van der Waals surface area (Å²) in [5, 5.41) is 7.21. The van der Waals surface area contributed by atoms with Crippen LogP contribution in [0.4, 0.5) is 0 Å². The lowest BCUT2D eigenvalue weighted by Crippen LogP contribution is -2.41. The zero-order valence-electron chi connectivity index (χ0n) is 11.1. The summed E-state index contributed by atoms with van der Waals surface area (Å²) in [4.78, 5) is 12.9. The third kappa shape index (κ3) is 3.07. The van der Waals surface area contributed by atoms with Crippen molar-refractivity contribution < 1.29 is 4.79 Å². The molecule has 1 aliphatic carbocycles. The molecule has 2 atom stereocenters. The van der Waals surface area contributed by atoms with Crippen LogP contribution in [0, 0.1) is 5.92 Å². The van der Waals surface area contributed by atoms with Gasteiger partial charge in [0.2, 0.25) is 0 Å². The van der Waals surface area contributed by atoms with Crippen LogP contribution >= 0.6 is 11.5 Å². The molecule has 0 radical (unpaired) electrons. The molecule has 1 aromatic rings. The number of aryl methyl sites for hydroxylation is 1. The first-order chi connectivity index (χ1) is 8.72. The third-order valence-corrected chi connectivity index (χ3v) is 4.44. The zero-order chi connectivity index (χ0) is 13.0. The number of hydrogen-bond acceptors (Lipinski definition) is 4. The van der Waals surface area contributed by atoms with E-state index in [0.29, 0.717) is 16.8 Å². The van der Waals surface area contributed by atoms with Crippen molar-refractivity contribution in [1.82, 2.24) is 14.9 Å². The first-order valence-corrected chi connectivity index (χ1v) is 7.61. The highest BCUT2D eigenvalue weighted by Crippen LogP contribution is 2.24. The van der Waals surface area contributed by atoms with Gasteiger partial charge in [-0.2, -0.15) is 0 Å². The predicted molar refractivity (Wildman–Crippen MR) is 72.8 cm³/mol. The maximum absolute atomic E-state index is 12.2. The minimum Gasteiger partial charge on any atom is -0.348 e. The SMILES string of the molecule is CCCc1nnsc1C(=O)NC1CCCCC1C. The lowest BCUT2D eigenvalue weighted by molar-refractivity contribution is 0.0913. The van der Waals surface area contributed by atoms with Crippen LogP contribution in [0.1, 0.15) is 61.3 Å². The molecule has 1 aromatic heterocycles. The lowest BCUT2D eigenvalue weighted by atomic mass is 9.86. The van der Waals surface area contributed by atoms with Crippen molar-refractivity contribution in [2.24, 2.45) is 5.92 Å². The highest BCUT2D eigenvalue weighted by molar-refractivity contribution is 7.08. The summed E-state index contributed by atoms with van der Waals surface area (Å²) < 4.78 is 3.90. The molecule has 1 amide bonds. The second kappa shape index (κ2) is 6.27. The van der Waals surface area contributed by atoms with E-state index >= 15 is 0 Å².